The number of nitrogens with two attached hydrogens (primary N) is 2. The quantitative estimate of drug-likeness (QED) is 0.0648. The van der Waals surface area contributed by atoms with Crippen molar-refractivity contribution in [2.45, 2.75) is 15.8 Å². The summed E-state index contributed by atoms with van der Waals surface area (Å²) in [6.45, 7) is -0.356. The first-order valence-corrected chi connectivity index (χ1v) is 12.0. The van der Waals surface area contributed by atoms with Gasteiger partial charge in [0.15, 0.2) is 5.96 Å². The van der Waals surface area contributed by atoms with Crippen LogP contribution >= 0.6 is 11.8 Å². The van der Waals surface area contributed by atoms with Crippen LogP contribution in [0.5, 0.6) is 0 Å². The molecule has 0 saturated heterocycles. The van der Waals surface area contributed by atoms with Gasteiger partial charge in [0, 0.05) is 23.9 Å². The number of nitro groups is 1. The third-order valence-corrected chi connectivity index (χ3v) is 6.71. The summed E-state index contributed by atoms with van der Waals surface area (Å²) < 4.78 is 26.8. The number of nitrogens with zero attached hydrogens (tertiary/aromatic N) is 2. The Morgan fingerprint density at radius 1 is 1.18 bits per heavy atom. The fraction of sp³-hybridized carbons (Fsp3) is 0.211. The SMILES string of the molecule is NC(N)=NCCSc1ccc(C(=O)NCC(NS(=O)(=O)c2ccccc2)C(=O)O)cc1[N+](=O)[O-]. The maximum atomic E-state index is 12.5. The minimum atomic E-state index is -4.16. The molecule has 0 saturated carbocycles. The molecule has 0 bridgehead atoms. The van der Waals surface area contributed by atoms with Crippen LogP contribution in [0, 0.1) is 10.1 Å². The standard InChI is InChI=1S/C19H22N6O7S2/c20-19(21)22-8-9-33-16-7-6-12(10-15(16)25(29)30)17(26)23-11-14(18(27)28)24-34(31,32)13-4-2-1-3-5-13/h1-7,10,14,24H,8-9,11H2,(H,23,26)(H,27,28)(H4,20,21,22). The number of thioether (sulfide) groups is 1. The Hall–Kier alpha value is -3.69. The van der Waals surface area contributed by atoms with E-state index in [4.69, 9.17) is 11.5 Å². The first kappa shape index (κ1) is 26.6. The van der Waals surface area contributed by atoms with E-state index >= 15 is 0 Å². The van der Waals surface area contributed by atoms with Crippen LogP contribution in [0.1, 0.15) is 10.4 Å². The van der Waals surface area contributed by atoms with Crippen LogP contribution in [0.2, 0.25) is 0 Å². The lowest BCUT2D eigenvalue weighted by atomic mass is 10.2. The predicted octanol–water partition coefficient (Wildman–Crippen LogP) is 0.122. The number of hydrogen-bond donors (Lipinski definition) is 5. The van der Waals surface area contributed by atoms with Gasteiger partial charge in [-0.25, -0.2) is 8.42 Å². The van der Waals surface area contributed by atoms with Gasteiger partial charge in [-0.15, -0.1) is 11.8 Å². The van der Waals surface area contributed by atoms with Crippen molar-refractivity contribution in [2.24, 2.45) is 16.5 Å². The summed E-state index contributed by atoms with van der Waals surface area (Å²) in [5.41, 5.74) is 10.0. The molecular formula is C19H22N6O7S2. The highest BCUT2D eigenvalue weighted by Crippen LogP contribution is 2.30. The van der Waals surface area contributed by atoms with Crippen LogP contribution in [-0.2, 0) is 14.8 Å². The number of amides is 1. The van der Waals surface area contributed by atoms with Crippen molar-refractivity contribution in [1.82, 2.24) is 10.0 Å². The Balaban J connectivity index is 2.09. The Morgan fingerprint density at radius 2 is 1.85 bits per heavy atom. The molecule has 2 rings (SSSR count). The maximum absolute atomic E-state index is 12.5. The fourth-order valence-electron chi connectivity index (χ4n) is 2.58. The lowest BCUT2D eigenvalue weighted by Crippen LogP contribution is -2.48. The van der Waals surface area contributed by atoms with Gasteiger partial charge in [-0.05, 0) is 24.3 Å². The fourth-order valence-corrected chi connectivity index (χ4v) is 4.64. The summed E-state index contributed by atoms with van der Waals surface area (Å²) in [6.07, 6.45) is 0. The van der Waals surface area contributed by atoms with Crippen molar-refractivity contribution >= 4 is 45.3 Å². The van der Waals surface area contributed by atoms with Crippen LogP contribution in [-0.4, -0.2) is 61.2 Å². The van der Waals surface area contributed by atoms with Crippen LogP contribution in [0.3, 0.4) is 0 Å². The van der Waals surface area contributed by atoms with Crippen molar-refractivity contribution in [3.63, 3.8) is 0 Å². The number of carboxylic acids is 1. The number of aliphatic imine (C=N–C) groups is 1. The van der Waals surface area contributed by atoms with Gasteiger partial charge in [-0.3, -0.25) is 24.7 Å². The molecule has 0 radical (unpaired) electrons. The van der Waals surface area contributed by atoms with E-state index in [0.29, 0.717) is 5.75 Å². The number of sulfonamides is 1. The molecule has 7 N–H and O–H groups in total. The molecule has 182 valence electrons. The van der Waals surface area contributed by atoms with E-state index < -0.39 is 39.4 Å². The molecule has 0 fully saturated rings. The zero-order valence-electron chi connectivity index (χ0n) is 17.6. The second-order valence-electron chi connectivity index (χ2n) is 6.63. The summed E-state index contributed by atoms with van der Waals surface area (Å²) in [5.74, 6) is -2.08. The van der Waals surface area contributed by atoms with Crippen molar-refractivity contribution in [1.29, 1.82) is 0 Å². The number of nitro benzene ring substituents is 1. The van der Waals surface area contributed by atoms with Crippen molar-refractivity contribution in [3.05, 3.63) is 64.2 Å². The predicted molar refractivity (Wildman–Crippen MR) is 125 cm³/mol. The molecule has 0 heterocycles. The molecule has 1 atom stereocenters. The zero-order valence-corrected chi connectivity index (χ0v) is 19.2. The molecule has 15 heteroatoms. The topological polar surface area (TPSA) is 220 Å². The van der Waals surface area contributed by atoms with Gasteiger partial charge < -0.3 is 21.9 Å². The van der Waals surface area contributed by atoms with Gasteiger partial charge in [0.2, 0.25) is 10.0 Å². The molecule has 1 amide bonds. The largest absolute Gasteiger partial charge is 0.480 e. The highest BCUT2D eigenvalue weighted by molar-refractivity contribution is 7.99. The number of guanidine groups is 1. The Labute approximate surface area is 198 Å². The molecule has 2 aromatic rings. The smallest absolute Gasteiger partial charge is 0.323 e. The average Bonchev–Trinajstić information content (AvgIpc) is 2.79. The van der Waals surface area contributed by atoms with E-state index in [-0.39, 0.29) is 33.5 Å². The Kier molecular flexibility index (Phi) is 9.35. The van der Waals surface area contributed by atoms with Crippen molar-refractivity contribution in [3.8, 4) is 0 Å². The Morgan fingerprint density at radius 3 is 2.44 bits per heavy atom. The van der Waals surface area contributed by atoms with E-state index in [1.165, 1.54) is 36.4 Å². The number of benzene rings is 2. The van der Waals surface area contributed by atoms with E-state index in [2.05, 4.69) is 10.3 Å². The number of carboxylic acid groups (broad SMARTS) is 1. The van der Waals surface area contributed by atoms with E-state index in [1.54, 1.807) is 6.07 Å². The van der Waals surface area contributed by atoms with Crippen LogP contribution in [0.4, 0.5) is 5.69 Å². The van der Waals surface area contributed by atoms with E-state index in [9.17, 15) is 33.2 Å². The first-order chi connectivity index (χ1) is 16.0. The van der Waals surface area contributed by atoms with E-state index in [0.717, 1.165) is 17.8 Å². The number of carbonyl (C=O) groups excluding carboxylic acids is 1. The molecule has 2 aromatic carbocycles. The summed E-state index contributed by atoms with van der Waals surface area (Å²) in [5, 5.41) is 23.1. The number of aliphatic carboxylic acids is 1. The molecular weight excluding hydrogens is 488 g/mol. The van der Waals surface area contributed by atoms with Crippen LogP contribution < -0.4 is 21.5 Å². The molecule has 1 unspecified atom stereocenters. The summed E-state index contributed by atoms with van der Waals surface area (Å²) in [6, 6.07) is 9.20. The third kappa shape index (κ3) is 7.72. The summed E-state index contributed by atoms with van der Waals surface area (Å²) in [4.78, 5) is 38.7. The summed E-state index contributed by atoms with van der Waals surface area (Å²) >= 11 is 1.12. The molecule has 34 heavy (non-hydrogen) atoms. The average molecular weight is 511 g/mol. The minimum absolute atomic E-state index is 0.102. The molecule has 0 aliphatic heterocycles. The molecule has 0 aliphatic carbocycles. The highest BCUT2D eigenvalue weighted by Gasteiger charge is 2.26. The summed E-state index contributed by atoms with van der Waals surface area (Å²) in [7, 11) is -4.16. The van der Waals surface area contributed by atoms with Crippen LogP contribution in [0.15, 0.2) is 63.3 Å². The van der Waals surface area contributed by atoms with Crippen LogP contribution in [0.25, 0.3) is 0 Å². The second kappa shape index (κ2) is 12.0. The van der Waals surface area contributed by atoms with E-state index in [1.807, 2.05) is 4.72 Å². The normalized spacial score (nSPS) is 11.9. The Bertz CT molecular complexity index is 1180. The third-order valence-electron chi connectivity index (χ3n) is 4.18. The molecule has 0 aliphatic rings. The van der Waals surface area contributed by atoms with Gasteiger partial charge >= 0.3 is 5.97 Å². The van der Waals surface area contributed by atoms with Gasteiger partial charge in [0.1, 0.15) is 6.04 Å². The molecule has 0 spiro atoms. The molecule has 13 nitrogen and oxygen atoms in total. The van der Waals surface area contributed by atoms with Gasteiger partial charge in [-0.2, -0.15) is 4.72 Å². The van der Waals surface area contributed by atoms with Gasteiger partial charge in [0.05, 0.1) is 21.3 Å². The number of rotatable bonds is 12. The lowest BCUT2D eigenvalue weighted by molar-refractivity contribution is -0.387. The van der Waals surface area contributed by atoms with Crippen molar-refractivity contribution < 1.29 is 28.0 Å². The highest BCUT2D eigenvalue weighted by atomic mass is 32.2. The second-order valence-corrected chi connectivity index (χ2v) is 9.48. The van der Waals surface area contributed by atoms with Gasteiger partial charge in [0.25, 0.3) is 11.6 Å². The number of nitrogens with one attached hydrogen (secondary N) is 2. The number of carbonyl (C=O) groups is 2. The maximum Gasteiger partial charge on any atom is 0.323 e. The number of hydrogen-bond acceptors (Lipinski definition) is 8. The minimum Gasteiger partial charge on any atom is -0.480 e. The lowest BCUT2D eigenvalue weighted by Gasteiger charge is -2.16. The zero-order chi connectivity index (χ0) is 25.3. The molecule has 0 aromatic heterocycles. The van der Waals surface area contributed by atoms with Crippen molar-refractivity contribution in [2.75, 3.05) is 18.8 Å². The monoisotopic (exact) mass is 510 g/mol. The van der Waals surface area contributed by atoms with Gasteiger partial charge in [-0.1, -0.05) is 18.2 Å². The first-order valence-electron chi connectivity index (χ1n) is 9.56.